The summed E-state index contributed by atoms with van der Waals surface area (Å²) in [5.74, 6) is 0.581. The zero-order chi connectivity index (χ0) is 9.84. The Hall–Kier alpha value is -1.94. The van der Waals surface area contributed by atoms with Crippen molar-refractivity contribution in [3.8, 4) is 0 Å². The molecule has 6 nitrogen and oxygen atoms in total. The predicted octanol–water partition coefficient (Wildman–Crippen LogP) is -0.571. The van der Waals surface area contributed by atoms with Gasteiger partial charge in [0.05, 0.1) is 6.61 Å². The van der Waals surface area contributed by atoms with Crippen LogP contribution >= 0.6 is 0 Å². The van der Waals surface area contributed by atoms with Gasteiger partial charge in [-0.15, -0.1) is 0 Å². The molecule has 0 aromatic carbocycles. The van der Waals surface area contributed by atoms with Crippen LogP contribution in [0.3, 0.4) is 0 Å². The second-order valence-corrected chi connectivity index (χ2v) is 2.09. The van der Waals surface area contributed by atoms with Gasteiger partial charge in [-0.25, -0.2) is 14.4 Å². The minimum absolute atomic E-state index is 0.151. The Kier molecular flexibility index (Phi) is 2.56. The lowest BCUT2D eigenvalue weighted by Gasteiger charge is -1.98. The average molecular weight is 182 g/mol. The molecule has 68 valence electrons. The number of urea groups is 1. The third kappa shape index (κ3) is 1.80. The molecule has 0 fully saturated rings. The van der Waals surface area contributed by atoms with Crippen LogP contribution in [0.4, 0.5) is 4.79 Å². The fourth-order valence-electron chi connectivity index (χ4n) is 0.773. The minimum atomic E-state index is -0.806. The van der Waals surface area contributed by atoms with E-state index in [2.05, 4.69) is 9.73 Å². The second kappa shape index (κ2) is 3.64. The molecule has 1 N–H and O–H groups in total. The lowest BCUT2D eigenvalue weighted by Crippen LogP contribution is -2.22. The Morgan fingerprint density at radius 1 is 1.69 bits per heavy atom. The van der Waals surface area contributed by atoms with Gasteiger partial charge >= 0.3 is 12.0 Å². The zero-order valence-corrected chi connectivity index (χ0v) is 6.79. The van der Waals surface area contributed by atoms with E-state index in [4.69, 9.17) is 0 Å². The van der Waals surface area contributed by atoms with Gasteiger partial charge in [0.1, 0.15) is 0 Å². The molecule has 6 heteroatoms. The van der Waals surface area contributed by atoms with Crippen LogP contribution in [0.25, 0.3) is 0 Å². The molecule has 2 amide bonds. The summed E-state index contributed by atoms with van der Waals surface area (Å²) in [6.07, 6.45) is 0. The first kappa shape index (κ1) is 9.15. The van der Waals surface area contributed by atoms with Gasteiger partial charge in [-0.3, -0.25) is 5.32 Å². The zero-order valence-electron chi connectivity index (χ0n) is 6.79. The number of carbonyl (C=O) groups excluding carboxylic acids is 3. The molecule has 0 aliphatic carbocycles. The Labute approximate surface area is 73.3 Å². The number of nitrogens with one attached hydrogen (secondary N) is 1. The minimum Gasteiger partial charge on any atom is -0.461 e. The first-order valence-electron chi connectivity index (χ1n) is 3.51. The van der Waals surface area contributed by atoms with Gasteiger partial charge in [-0.2, -0.15) is 4.99 Å². The molecule has 0 saturated heterocycles. The summed E-state index contributed by atoms with van der Waals surface area (Å²) < 4.78 is 4.54. The van der Waals surface area contributed by atoms with E-state index in [1.54, 1.807) is 6.92 Å². The molecular weight excluding hydrogens is 176 g/mol. The smallest absolute Gasteiger partial charge is 0.360 e. The number of rotatable bonds is 2. The highest BCUT2D eigenvalue weighted by Gasteiger charge is 2.27. The molecule has 1 aliphatic heterocycles. The highest BCUT2D eigenvalue weighted by molar-refractivity contribution is 6.48. The summed E-state index contributed by atoms with van der Waals surface area (Å²) in [4.78, 5) is 35.1. The summed E-state index contributed by atoms with van der Waals surface area (Å²) in [5.41, 5.74) is -0.592. The van der Waals surface area contributed by atoms with Gasteiger partial charge in [0.2, 0.25) is 0 Å². The molecule has 1 rings (SSSR count). The van der Waals surface area contributed by atoms with Crippen molar-refractivity contribution in [2.75, 3.05) is 6.61 Å². The topological polar surface area (TPSA) is 84.8 Å². The number of hydrogen-bond donors (Lipinski definition) is 1. The Morgan fingerprint density at radius 3 is 2.92 bits per heavy atom. The van der Waals surface area contributed by atoms with Crippen LogP contribution in [-0.2, 0) is 14.3 Å². The van der Waals surface area contributed by atoms with Crippen LogP contribution in [0.5, 0.6) is 0 Å². The molecule has 1 aliphatic rings. The van der Waals surface area contributed by atoms with Crippen molar-refractivity contribution >= 4 is 23.7 Å². The fourth-order valence-corrected chi connectivity index (χ4v) is 0.773. The molecular formula is C7H6N2O4. The van der Waals surface area contributed by atoms with Crippen LogP contribution in [0.1, 0.15) is 6.92 Å². The van der Waals surface area contributed by atoms with Gasteiger partial charge in [0.15, 0.2) is 17.4 Å². The largest absolute Gasteiger partial charge is 0.461 e. The number of amides is 2. The van der Waals surface area contributed by atoms with E-state index in [-0.39, 0.29) is 18.0 Å². The lowest BCUT2D eigenvalue weighted by molar-refractivity contribution is -0.134. The molecule has 0 bridgehead atoms. The Bertz CT molecular complexity index is 338. The molecule has 1 heterocycles. The maximum atomic E-state index is 11.0. The quantitative estimate of drug-likeness (QED) is 0.457. The number of esters is 1. The van der Waals surface area contributed by atoms with Crippen LogP contribution in [0.2, 0.25) is 0 Å². The number of hydrogen-bond acceptors (Lipinski definition) is 4. The van der Waals surface area contributed by atoms with Crippen molar-refractivity contribution in [3.63, 3.8) is 0 Å². The molecule has 0 atom stereocenters. The number of aliphatic imine (C=N–C) groups is 1. The van der Waals surface area contributed by atoms with Crippen LogP contribution in [0, 0.1) is 0 Å². The van der Waals surface area contributed by atoms with Crippen LogP contribution in [-0.4, -0.2) is 30.3 Å². The first-order chi connectivity index (χ1) is 6.19. The number of carbonyl (C=O) groups is 2. The monoisotopic (exact) mass is 182 g/mol. The van der Waals surface area contributed by atoms with Crippen LogP contribution < -0.4 is 5.32 Å². The van der Waals surface area contributed by atoms with Crippen molar-refractivity contribution in [2.45, 2.75) is 6.92 Å². The molecule has 0 aromatic rings. The summed E-state index contributed by atoms with van der Waals surface area (Å²) in [7, 11) is 0. The van der Waals surface area contributed by atoms with Gasteiger partial charge in [0, 0.05) is 0 Å². The highest BCUT2D eigenvalue weighted by Crippen LogP contribution is 2.02. The molecule has 0 aromatic heterocycles. The van der Waals surface area contributed by atoms with Crippen LogP contribution in [0.15, 0.2) is 10.7 Å². The normalized spacial score (nSPS) is 14.7. The average Bonchev–Trinajstić information content (AvgIpc) is 2.47. The maximum Gasteiger partial charge on any atom is 0.360 e. The Balaban J connectivity index is 2.90. The van der Waals surface area contributed by atoms with Gasteiger partial charge in [-0.1, -0.05) is 0 Å². The molecule has 0 unspecified atom stereocenters. The number of ether oxygens (including phenoxy) is 1. The SMILES string of the molecule is CCOC(=O)C1=NC(=O)NC1=C=O. The van der Waals surface area contributed by atoms with Crippen molar-refractivity contribution in [1.82, 2.24) is 5.32 Å². The Morgan fingerprint density at radius 2 is 2.38 bits per heavy atom. The third-order valence-corrected chi connectivity index (χ3v) is 1.25. The summed E-state index contributed by atoms with van der Waals surface area (Å²) in [6, 6.07) is -0.763. The fraction of sp³-hybridized carbons (Fsp3) is 0.286. The first-order valence-corrected chi connectivity index (χ1v) is 3.51. The van der Waals surface area contributed by atoms with E-state index in [9.17, 15) is 14.4 Å². The summed E-state index contributed by atoms with van der Waals surface area (Å²) in [6.45, 7) is 1.76. The van der Waals surface area contributed by atoms with Crippen molar-refractivity contribution in [2.24, 2.45) is 4.99 Å². The predicted molar refractivity (Wildman–Crippen MR) is 41.8 cm³/mol. The van der Waals surface area contributed by atoms with Crippen molar-refractivity contribution in [1.29, 1.82) is 0 Å². The van der Waals surface area contributed by atoms with Gasteiger partial charge in [0.25, 0.3) is 0 Å². The third-order valence-electron chi connectivity index (χ3n) is 1.25. The standard InChI is InChI=1S/C7H6N2O4/c1-2-13-6(11)5-4(3-10)8-7(12)9-5/h2H2,1H3,(H,8,12). The van der Waals surface area contributed by atoms with E-state index in [1.165, 1.54) is 5.94 Å². The van der Waals surface area contributed by atoms with E-state index >= 15 is 0 Å². The molecule has 0 spiro atoms. The van der Waals surface area contributed by atoms with E-state index < -0.39 is 12.0 Å². The van der Waals surface area contributed by atoms with E-state index in [1.807, 2.05) is 5.32 Å². The van der Waals surface area contributed by atoms with Crippen molar-refractivity contribution < 1.29 is 19.1 Å². The highest BCUT2D eigenvalue weighted by atomic mass is 16.5. The van der Waals surface area contributed by atoms with Gasteiger partial charge in [-0.05, 0) is 6.92 Å². The maximum absolute atomic E-state index is 11.0. The number of nitrogens with zero attached hydrogens (tertiary/aromatic N) is 1. The molecule has 0 radical (unpaired) electrons. The van der Waals surface area contributed by atoms with Crippen molar-refractivity contribution in [3.05, 3.63) is 5.70 Å². The summed E-state index contributed by atoms with van der Waals surface area (Å²) in [5, 5.41) is 2.04. The molecule has 13 heavy (non-hydrogen) atoms. The van der Waals surface area contributed by atoms with E-state index in [0.717, 1.165) is 0 Å². The summed E-state index contributed by atoms with van der Waals surface area (Å²) >= 11 is 0. The second-order valence-electron chi connectivity index (χ2n) is 2.09. The van der Waals surface area contributed by atoms with E-state index in [0.29, 0.717) is 0 Å². The lowest BCUT2D eigenvalue weighted by atomic mass is 10.3. The molecule has 0 saturated carbocycles. The van der Waals surface area contributed by atoms with Gasteiger partial charge < -0.3 is 4.74 Å².